The molecule has 0 radical (unpaired) electrons. The van der Waals surface area contributed by atoms with E-state index in [1.54, 1.807) is 12.1 Å². The van der Waals surface area contributed by atoms with Gasteiger partial charge in [0.05, 0.1) is 23.6 Å². The number of benzene rings is 3. The standard InChI is InChI=1S/C30H2F8N12O/c1-42-11(6-41)28-43-10-3-2-7(8(4-39)20(10)44-28)25-48-27(9(5-40)26-45-21-16(35)12(31)13(32)17(36)22(21)46-26)50-29(49-25)30-47-23-18(37)14(33)15(34)19(38)24(23)51-30/h2-3H/b28-11+. The molecule has 21 heteroatoms. The van der Waals surface area contributed by atoms with Crippen LogP contribution in [0.3, 0.4) is 0 Å². The second-order valence-corrected chi connectivity index (χ2v) is 9.83. The highest BCUT2D eigenvalue weighted by molar-refractivity contribution is 5.79. The van der Waals surface area contributed by atoms with Crippen LogP contribution < -0.4 is 21.4 Å². The topological polar surface area (TPSA) is 190 Å². The molecule has 244 valence electrons. The highest BCUT2D eigenvalue weighted by atomic mass is 19.2. The van der Waals surface area contributed by atoms with Gasteiger partial charge in [-0.2, -0.15) is 14.9 Å². The summed E-state index contributed by atoms with van der Waals surface area (Å²) in [7, 11) is 0. The Kier molecular flexibility index (Phi) is 7.13. The first-order valence-electron chi connectivity index (χ1n) is 13.3. The molecule has 0 saturated carbocycles. The fraction of sp³-hybridized carbons (Fsp3) is 0. The Balaban J connectivity index is 1.54. The number of oxazole rings is 1. The third-order valence-electron chi connectivity index (χ3n) is 7.03. The molecule has 2 aliphatic rings. The lowest BCUT2D eigenvalue weighted by Crippen LogP contribution is -2.32. The van der Waals surface area contributed by atoms with Gasteiger partial charge in [0.15, 0.2) is 69.3 Å². The molecule has 0 N–H and O–H groups in total. The molecule has 5 aromatic rings. The minimum atomic E-state index is -2.25. The fourth-order valence-electron chi connectivity index (χ4n) is 4.73. The smallest absolute Gasteiger partial charge is 0.305 e. The van der Waals surface area contributed by atoms with Crippen molar-refractivity contribution in [3.05, 3.63) is 120 Å². The molecule has 0 bridgehead atoms. The second-order valence-electron chi connectivity index (χ2n) is 9.83. The molecule has 13 nitrogen and oxygen atoms in total. The zero-order valence-corrected chi connectivity index (χ0v) is 24.0. The van der Waals surface area contributed by atoms with Crippen LogP contribution in [0, 0.1) is 87.1 Å². The van der Waals surface area contributed by atoms with Gasteiger partial charge in [-0.3, -0.25) is 0 Å². The number of hydrogen-bond donors (Lipinski definition) is 0. The van der Waals surface area contributed by atoms with E-state index in [0.29, 0.717) is 0 Å². The van der Waals surface area contributed by atoms with E-state index in [1.807, 2.05) is 6.07 Å². The first kappa shape index (κ1) is 31.8. The Hall–Kier alpha value is -7.78. The van der Waals surface area contributed by atoms with Crippen molar-refractivity contribution in [2.75, 3.05) is 0 Å². The first-order valence-corrected chi connectivity index (χ1v) is 13.3. The summed E-state index contributed by atoms with van der Waals surface area (Å²) in [5.41, 5.74) is -4.34. The molecule has 0 spiro atoms. The Morgan fingerprint density at radius 3 is 1.86 bits per heavy atom. The summed E-state index contributed by atoms with van der Waals surface area (Å²) in [6.45, 7) is 7.15. The Labute approximate surface area is 273 Å². The van der Waals surface area contributed by atoms with Crippen LogP contribution in [-0.4, -0.2) is 19.9 Å². The van der Waals surface area contributed by atoms with E-state index in [9.17, 15) is 50.9 Å². The van der Waals surface area contributed by atoms with Crippen LogP contribution in [0.1, 0.15) is 11.4 Å². The summed E-state index contributed by atoms with van der Waals surface area (Å²) < 4.78 is 119. The van der Waals surface area contributed by atoms with Crippen molar-refractivity contribution >= 4 is 16.7 Å². The van der Waals surface area contributed by atoms with E-state index in [2.05, 4.69) is 44.8 Å². The molecule has 0 atom stereocenters. The molecule has 4 heterocycles. The summed E-state index contributed by atoms with van der Waals surface area (Å²) in [5, 5.41) is 27.0. The molecule has 2 aliphatic heterocycles. The van der Waals surface area contributed by atoms with Gasteiger partial charge >= 0.3 is 5.70 Å². The first-order chi connectivity index (χ1) is 24.4. The zero-order chi connectivity index (χ0) is 36.5. The third-order valence-corrected chi connectivity index (χ3v) is 7.03. The number of aromatic nitrogens is 4. The minimum Gasteiger partial charge on any atom is -0.430 e. The van der Waals surface area contributed by atoms with Crippen molar-refractivity contribution in [2.24, 2.45) is 20.0 Å². The summed E-state index contributed by atoms with van der Waals surface area (Å²) in [5.74, 6) is -21.2. The largest absolute Gasteiger partial charge is 0.430 e. The van der Waals surface area contributed by atoms with Gasteiger partial charge in [-0.05, 0) is 12.1 Å². The van der Waals surface area contributed by atoms with Gasteiger partial charge in [0, 0.05) is 5.56 Å². The zero-order valence-electron chi connectivity index (χ0n) is 24.0. The normalized spacial score (nSPS) is 13.5. The summed E-state index contributed by atoms with van der Waals surface area (Å²) in [6.07, 6.45) is 0. The maximum atomic E-state index is 14.6. The summed E-state index contributed by atoms with van der Waals surface area (Å²) >= 11 is 0. The molecule has 0 aliphatic carbocycles. The number of allylic oxidation sites excluding steroid dienone is 2. The quantitative estimate of drug-likeness (QED) is 0.0901. The molecule has 2 aromatic heterocycles. The highest BCUT2D eigenvalue weighted by Gasteiger charge is 2.29. The molecule has 0 unspecified atom stereocenters. The highest BCUT2D eigenvalue weighted by Crippen LogP contribution is 2.32. The molecule has 0 amide bonds. The average molecular weight is 698 g/mol. The number of halogens is 8. The molecule has 51 heavy (non-hydrogen) atoms. The van der Waals surface area contributed by atoms with E-state index in [-0.39, 0.29) is 27.7 Å². The van der Waals surface area contributed by atoms with Gasteiger partial charge in [-0.25, -0.2) is 80.7 Å². The Morgan fingerprint density at radius 2 is 1.25 bits per heavy atom. The van der Waals surface area contributed by atoms with E-state index >= 15 is 0 Å². The van der Waals surface area contributed by atoms with Crippen molar-refractivity contribution in [3.8, 4) is 41.3 Å². The predicted octanol–water partition coefficient (Wildman–Crippen LogP) is 3.34. The Morgan fingerprint density at radius 1 is 0.647 bits per heavy atom. The van der Waals surface area contributed by atoms with Crippen LogP contribution >= 0.6 is 0 Å². The molecule has 3 aromatic carbocycles. The maximum absolute atomic E-state index is 14.6. The number of rotatable bonds is 3. The minimum absolute atomic E-state index is 0.0230. The third kappa shape index (κ3) is 4.65. The van der Waals surface area contributed by atoms with Gasteiger partial charge < -0.3 is 4.42 Å². The fourth-order valence-corrected chi connectivity index (χ4v) is 4.73. The van der Waals surface area contributed by atoms with Crippen molar-refractivity contribution in [2.45, 2.75) is 0 Å². The lowest BCUT2D eigenvalue weighted by Gasteiger charge is -2.07. The Bertz CT molecular complexity index is 2910. The lowest BCUT2D eigenvalue weighted by atomic mass is 10.1. The van der Waals surface area contributed by atoms with Crippen molar-refractivity contribution < 1.29 is 39.5 Å². The van der Waals surface area contributed by atoms with Gasteiger partial charge in [-0.15, -0.1) is 0 Å². The van der Waals surface area contributed by atoms with Crippen LogP contribution in [0.2, 0.25) is 0 Å². The molecule has 7 rings (SSSR count). The van der Waals surface area contributed by atoms with Crippen LogP contribution in [0.5, 0.6) is 0 Å². The SMILES string of the molecule is [C-]#[N+]/C(C#N)=C1\N=c2ccc(-c3nc(C(C#N)=C4N=c5c(F)c(F)c(F)c(F)c5=N4)nc(-c4nc5c(F)c(F)c(F)c(F)c5o4)n3)c(C#N)c2=N1. The van der Waals surface area contributed by atoms with Crippen LogP contribution in [0.25, 0.3) is 44.6 Å². The van der Waals surface area contributed by atoms with Gasteiger partial charge in [-0.1, -0.05) is 0 Å². The molecule has 0 fully saturated rings. The maximum Gasteiger partial charge on any atom is 0.305 e. The number of fused-ring (bicyclic) bond motifs is 3. The van der Waals surface area contributed by atoms with Gasteiger partial charge in [0.25, 0.3) is 5.89 Å². The van der Waals surface area contributed by atoms with E-state index in [4.69, 9.17) is 11.0 Å². The molecular formula is C30H2F8N12O. The number of hydrogen-bond acceptors (Lipinski definition) is 12. The second kappa shape index (κ2) is 11.4. The summed E-state index contributed by atoms with van der Waals surface area (Å²) in [6, 6.07) is 7.43. The van der Waals surface area contributed by atoms with Gasteiger partial charge in [0.2, 0.25) is 17.5 Å². The average Bonchev–Trinajstić information content (AvgIpc) is 3.89. The number of nitrogens with zero attached hydrogens (tertiary/aromatic N) is 12. The lowest BCUT2D eigenvalue weighted by molar-refractivity contribution is 0.399. The molecular weight excluding hydrogens is 696 g/mol. The monoisotopic (exact) mass is 698 g/mol. The van der Waals surface area contributed by atoms with Crippen molar-refractivity contribution in [3.63, 3.8) is 0 Å². The summed E-state index contributed by atoms with van der Waals surface area (Å²) in [4.78, 5) is 33.9. The van der Waals surface area contributed by atoms with E-state index in [0.717, 1.165) is 0 Å². The van der Waals surface area contributed by atoms with Crippen molar-refractivity contribution in [1.82, 2.24) is 19.9 Å². The predicted molar refractivity (Wildman–Crippen MR) is 145 cm³/mol. The van der Waals surface area contributed by atoms with Crippen LogP contribution in [-0.2, 0) is 0 Å². The van der Waals surface area contributed by atoms with Gasteiger partial charge in [0.1, 0.15) is 33.8 Å². The van der Waals surface area contributed by atoms with E-state index < -0.39 is 109 Å². The van der Waals surface area contributed by atoms with Crippen molar-refractivity contribution in [1.29, 1.82) is 15.8 Å². The van der Waals surface area contributed by atoms with Crippen LogP contribution in [0.4, 0.5) is 35.1 Å². The molecule has 0 saturated heterocycles. The van der Waals surface area contributed by atoms with Crippen LogP contribution in [0.15, 0.2) is 53.9 Å². The number of nitriles is 3. The van der Waals surface area contributed by atoms with E-state index in [1.165, 1.54) is 12.1 Å².